The first-order valence-electron chi connectivity index (χ1n) is 4.76. The molecule has 7 heteroatoms. The van der Waals surface area contributed by atoms with Crippen molar-refractivity contribution in [2.45, 2.75) is 45.4 Å². The minimum absolute atomic E-state index is 0. The molecule has 4 nitrogen and oxygen atoms in total. The van der Waals surface area contributed by atoms with Gasteiger partial charge in [0.05, 0.1) is 6.61 Å². The molecule has 0 saturated heterocycles. The molecule has 0 aromatic heterocycles. The highest BCUT2D eigenvalue weighted by molar-refractivity contribution is 7.46. The Hall–Kier alpha value is 0.690. The van der Waals surface area contributed by atoms with E-state index in [-0.39, 0.29) is 31.4 Å². The minimum atomic E-state index is -4.23. The van der Waals surface area contributed by atoms with E-state index in [9.17, 15) is 4.57 Å². The number of phosphoric ester groups is 1. The summed E-state index contributed by atoms with van der Waals surface area (Å²) in [5.41, 5.74) is 0. The molecule has 0 aromatic rings. The van der Waals surface area contributed by atoms with Crippen LogP contribution in [-0.2, 0) is 9.09 Å². The molecule has 0 unspecified atom stereocenters. The van der Waals surface area contributed by atoms with E-state index in [1.54, 1.807) is 0 Å². The van der Waals surface area contributed by atoms with E-state index in [1.165, 1.54) is 19.3 Å². The fourth-order valence-corrected chi connectivity index (χ4v) is 1.43. The minimum Gasteiger partial charge on any atom is -0.303 e. The van der Waals surface area contributed by atoms with Gasteiger partial charge in [-0.1, -0.05) is 39.0 Å². The van der Waals surface area contributed by atoms with Crippen LogP contribution in [0.15, 0.2) is 0 Å². The van der Waals surface area contributed by atoms with Crippen LogP contribution in [0.25, 0.3) is 0 Å². The molecule has 15 heavy (non-hydrogen) atoms. The third-order valence-corrected chi connectivity index (χ3v) is 2.28. The number of phosphoric acid groups is 1. The molecule has 0 aliphatic carbocycles. The van der Waals surface area contributed by atoms with Gasteiger partial charge < -0.3 is 9.79 Å². The SMILES string of the molecule is CCCCCCCCOP(=O)(O)O.Cl.Cl. The summed E-state index contributed by atoms with van der Waals surface area (Å²) < 4.78 is 14.5. The van der Waals surface area contributed by atoms with E-state index in [2.05, 4.69) is 11.4 Å². The smallest absolute Gasteiger partial charge is 0.303 e. The number of halogens is 2. The zero-order valence-corrected chi connectivity index (χ0v) is 11.5. The van der Waals surface area contributed by atoms with Crippen LogP contribution in [0.5, 0.6) is 0 Å². The zero-order chi connectivity index (χ0) is 10.2. The van der Waals surface area contributed by atoms with Crippen LogP contribution in [0.4, 0.5) is 0 Å². The lowest BCUT2D eigenvalue weighted by molar-refractivity contribution is 0.193. The average molecular weight is 283 g/mol. The van der Waals surface area contributed by atoms with E-state index in [1.807, 2.05) is 0 Å². The molecule has 0 aliphatic rings. The van der Waals surface area contributed by atoms with Crippen molar-refractivity contribution in [1.82, 2.24) is 0 Å². The fourth-order valence-electron chi connectivity index (χ4n) is 1.07. The maximum absolute atomic E-state index is 10.2. The van der Waals surface area contributed by atoms with Crippen molar-refractivity contribution in [2.75, 3.05) is 6.61 Å². The maximum Gasteiger partial charge on any atom is 0.469 e. The largest absolute Gasteiger partial charge is 0.469 e. The van der Waals surface area contributed by atoms with Crippen molar-refractivity contribution >= 4 is 32.6 Å². The third kappa shape index (κ3) is 20.7. The summed E-state index contributed by atoms with van der Waals surface area (Å²) in [5.74, 6) is 0. The summed E-state index contributed by atoms with van der Waals surface area (Å²) in [7, 11) is -4.23. The molecule has 0 rings (SSSR count). The highest BCUT2D eigenvalue weighted by Crippen LogP contribution is 2.35. The quantitative estimate of drug-likeness (QED) is 0.530. The first-order valence-corrected chi connectivity index (χ1v) is 6.29. The molecule has 0 radical (unpaired) electrons. The third-order valence-electron chi connectivity index (χ3n) is 1.76. The summed E-state index contributed by atoms with van der Waals surface area (Å²) in [6.45, 7) is 2.31. The molecular formula is C8H21Cl2O4P. The van der Waals surface area contributed by atoms with Crippen LogP contribution in [0.2, 0.25) is 0 Å². The molecule has 0 saturated carbocycles. The zero-order valence-electron chi connectivity index (χ0n) is 8.92. The van der Waals surface area contributed by atoms with E-state index in [0.29, 0.717) is 0 Å². The second-order valence-corrected chi connectivity index (χ2v) is 4.33. The molecular weight excluding hydrogens is 262 g/mol. The Morgan fingerprint density at radius 2 is 1.47 bits per heavy atom. The van der Waals surface area contributed by atoms with Gasteiger partial charge in [-0.2, -0.15) is 0 Å². The summed E-state index contributed by atoms with van der Waals surface area (Å²) in [6, 6.07) is 0. The topological polar surface area (TPSA) is 66.8 Å². The lowest BCUT2D eigenvalue weighted by atomic mass is 10.1. The van der Waals surface area contributed by atoms with Gasteiger partial charge in [-0.05, 0) is 6.42 Å². The summed E-state index contributed by atoms with van der Waals surface area (Å²) in [6.07, 6.45) is 6.48. The van der Waals surface area contributed by atoms with Gasteiger partial charge in [-0.25, -0.2) is 4.57 Å². The van der Waals surface area contributed by atoms with Crippen LogP contribution in [0.1, 0.15) is 45.4 Å². The maximum atomic E-state index is 10.2. The monoisotopic (exact) mass is 282 g/mol. The predicted molar refractivity (Wildman–Crippen MR) is 65.9 cm³/mol. The molecule has 96 valence electrons. The van der Waals surface area contributed by atoms with Gasteiger partial charge in [0.25, 0.3) is 0 Å². The van der Waals surface area contributed by atoms with Crippen molar-refractivity contribution in [3.8, 4) is 0 Å². The Balaban J connectivity index is -0.000000720. The Labute approximate surface area is 104 Å². The van der Waals surface area contributed by atoms with Crippen molar-refractivity contribution in [3.05, 3.63) is 0 Å². The molecule has 0 bridgehead atoms. The van der Waals surface area contributed by atoms with Crippen molar-refractivity contribution in [1.29, 1.82) is 0 Å². The van der Waals surface area contributed by atoms with E-state index in [0.717, 1.165) is 19.3 Å². The van der Waals surface area contributed by atoms with Gasteiger partial charge >= 0.3 is 7.82 Å². The van der Waals surface area contributed by atoms with Gasteiger partial charge in [-0.15, -0.1) is 24.8 Å². The van der Waals surface area contributed by atoms with Crippen LogP contribution in [0, 0.1) is 0 Å². The highest BCUT2D eigenvalue weighted by Gasteiger charge is 2.12. The first-order chi connectivity index (χ1) is 6.06. The fraction of sp³-hybridized carbons (Fsp3) is 1.00. The highest BCUT2D eigenvalue weighted by atomic mass is 35.5. The number of unbranched alkanes of at least 4 members (excludes halogenated alkanes) is 5. The van der Waals surface area contributed by atoms with Crippen molar-refractivity contribution in [3.63, 3.8) is 0 Å². The molecule has 0 amide bonds. The van der Waals surface area contributed by atoms with Gasteiger partial charge in [-0.3, -0.25) is 4.52 Å². The lowest BCUT2D eigenvalue weighted by Crippen LogP contribution is -1.92. The molecule has 0 heterocycles. The molecule has 0 aliphatic heterocycles. The molecule has 2 N–H and O–H groups in total. The number of hydrogen-bond acceptors (Lipinski definition) is 2. The number of hydrogen-bond donors (Lipinski definition) is 2. The lowest BCUT2D eigenvalue weighted by Gasteiger charge is -2.04. The number of rotatable bonds is 8. The molecule has 0 spiro atoms. The second-order valence-electron chi connectivity index (χ2n) is 3.09. The van der Waals surface area contributed by atoms with E-state index >= 15 is 0 Å². The van der Waals surface area contributed by atoms with Crippen LogP contribution < -0.4 is 0 Å². The van der Waals surface area contributed by atoms with Crippen LogP contribution in [0.3, 0.4) is 0 Å². The van der Waals surface area contributed by atoms with E-state index in [4.69, 9.17) is 9.79 Å². The molecule has 0 atom stereocenters. The molecule has 0 fully saturated rings. The van der Waals surface area contributed by atoms with Crippen molar-refractivity contribution in [2.24, 2.45) is 0 Å². The first kappa shape index (κ1) is 21.0. The summed E-state index contributed by atoms with van der Waals surface area (Å²) in [4.78, 5) is 16.7. The van der Waals surface area contributed by atoms with E-state index < -0.39 is 7.82 Å². The Morgan fingerprint density at radius 1 is 1.00 bits per heavy atom. The van der Waals surface area contributed by atoms with Crippen molar-refractivity contribution < 1.29 is 18.9 Å². The van der Waals surface area contributed by atoms with Crippen LogP contribution >= 0.6 is 32.6 Å². The Morgan fingerprint density at radius 3 is 1.93 bits per heavy atom. The predicted octanol–water partition coefficient (Wildman–Crippen LogP) is 3.30. The Kier molecular flexibility index (Phi) is 17.9. The van der Waals surface area contributed by atoms with Gasteiger partial charge in [0.2, 0.25) is 0 Å². The van der Waals surface area contributed by atoms with Gasteiger partial charge in [0, 0.05) is 0 Å². The standard InChI is InChI=1S/C8H19O4P.2ClH/c1-2-3-4-5-6-7-8-12-13(9,10)11;;/h2-8H2,1H3,(H2,9,10,11);2*1H. The summed E-state index contributed by atoms with van der Waals surface area (Å²) in [5, 5.41) is 0. The van der Waals surface area contributed by atoms with Gasteiger partial charge in [0.15, 0.2) is 0 Å². The Bertz CT molecular complexity index is 163. The van der Waals surface area contributed by atoms with Crippen LogP contribution in [-0.4, -0.2) is 16.4 Å². The summed E-state index contributed by atoms with van der Waals surface area (Å²) >= 11 is 0. The average Bonchev–Trinajstić information content (AvgIpc) is 2.01. The van der Waals surface area contributed by atoms with Gasteiger partial charge in [0.1, 0.15) is 0 Å². The second kappa shape index (κ2) is 12.8. The molecule has 0 aromatic carbocycles. The normalized spacial score (nSPS) is 10.3.